The van der Waals surface area contributed by atoms with Gasteiger partial charge in [0.05, 0.1) is 5.69 Å². The molecular weight excluding hydrogens is 492 g/mol. The normalized spacial score (nSPS) is 13.8. The first-order valence-electron chi connectivity index (χ1n) is 12.0. The van der Waals surface area contributed by atoms with Crippen LogP contribution in [0.1, 0.15) is 53.7 Å². The summed E-state index contributed by atoms with van der Waals surface area (Å²) in [6, 6.07) is 13.9. The van der Waals surface area contributed by atoms with Crippen molar-refractivity contribution >= 4 is 29.0 Å². The number of carbonyl (C=O) groups excluding carboxylic acids is 2. The van der Waals surface area contributed by atoms with Crippen molar-refractivity contribution in [3.63, 3.8) is 0 Å². The van der Waals surface area contributed by atoms with Gasteiger partial charge in [-0.15, -0.1) is 5.10 Å². The van der Waals surface area contributed by atoms with Crippen LogP contribution < -0.4 is 10.0 Å². The van der Waals surface area contributed by atoms with Gasteiger partial charge in [0.15, 0.2) is 12.0 Å². The zero-order chi connectivity index (χ0) is 26.1. The van der Waals surface area contributed by atoms with Gasteiger partial charge in [0.2, 0.25) is 11.6 Å². The molecule has 4 aromatic rings. The predicted molar refractivity (Wildman–Crippen MR) is 138 cm³/mol. The van der Waals surface area contributed by atoms with E-state index in [0.29, 0.717) is 51.1 Å². The predicted octanol–water partition coefficient (Wildman–Crippen LogP) is 4.65. The SMILES string of the molecule is CC(=O)c1ccc(NC(=O)C(CC2CC2)c2ccc(-c3cc(Cl)ccc3-n3cnnn3)c[n+]2[O-])cc1C. The smallest absolute Gasteiger partial charge is 0.238 e. The standard InChI is InChI=1S/C27H25ClN6O3/c1-16-11-21(7-8-22(16)17(2)35)30-27(36)24(12-18-3-4-18)26-9-5-19(14-34(26)37)23-13-20(28)6-10-25(23)33-15-29-31-32-33/h5-11,13-15,18,24H,3-4,12H2,1-2H3,(H,30,36). The highest BCUT2D eigenvalue weighted by Gasteiger charge is 2.35. The number of nitrogens with zero attached hydrogens (tertiary/aromatic N) is 5. The molecule has 10 heteroatoms. The van der Waals surface area contributed by atoms with Crippen molar-refractivity contribution in [3.05, 3.63) is 88.1 Å². The molecule has 1 saturated carbocycles. The second-order valence-corrected chi connectivity index (χ2v) is 9.83. The maximum Gasteiger partial charge on any atom is 0.238 e. The number of amides is 1. The van der Waals surface area contributed by atoms with Crippen LogP contribution in [0.2, 0.25) is 5.02 Å². The molecule has 0 spiro atoms. The highest BCUT2D eigenvalue weighted by Crippen LogP contribution is 2.39. The molecule has 37 heavy (non-hydrogen) atoms. The number of rotatable bonds is 8. The van der Waals surface area contributed by atoms with Crippen LogP contribution >= 0.6 is 11.6 Å². The van der Waals surface area contributed by atoms with E-state index in [1.807, 2.05) is 13.0 Å². The zero-order valence-corrected chi connectivity index (χ0v) is 21.1. The van der Waals surface area contributed by atoms with E-state index in [2.05, 4.69) is 20.8 Å². The number of benzene rings is 2. The van der Waals surface area contributed by atoms with E-state index in [1.165, 1.54) is 24.1 Å². The molecule has 2 aromatic heterocycles. The van der Waals surface area contributed by atoms with Crippen LogP contribution in [-0.4, -0.2) is 31.9 Å². The van der Waals surface area contributed by atoms with Gasteiger partial charge in [-0.1, -0.05) is 24.4 Å². The Morgan fingerprint density at radius 1 is 1.19 bits per heavy atom. The summed E-state index contributed by atoms with van der Waals surface area (Å²) < 4.78 is 2.26. The molecule has 5 rings (SSSR count). The van der Waals surface area contributed by atoms with Crippen LogP contribution in [-0.2, 0) is 4.79 Å². The summed E-state index contributed by atoms with van der Waals surface area (Å²) in [6.45, 7) is 3.34. The summed E-state index contributed by atoms with van der Waals surface area (Å²) in [4.78, 5) is 25.1. The van der Waals surface area contributed by atoms with E-state index in [4.69, 9.17) is 11.6 Å². The average molecular weight is 517 g/mol. The van der Waals surface area contributed by atoms with Crippen LogP contribution in [0.15, 0.2) is 61.1 Å². The Morgan fingerprint density at radius 3 is 2.65 bits per heavy atom. The van der Waals surface area contributed by atoms with Crippen molar-refractivity contribution in [2.75, 3.05) is 5.32 Å². The minimum absolute atomic E-state index is 0.0302. The summed E-state index contributed by atoms with van der Waals surface area (Å²) in [5.41, 5.74) is 4.32. The Balaban J connectivity index is 1.46. The summed E-state index contributed by atoms with van der Waals surface area (Å²) in [5.74, 6) is -0.490. The van der Waals surface area contributed by atoms with Gasteiger partial charge in [-0.3, -0.25) is 9.59 Å². The highest BCUT2D eigenvalue weighted by molar-refractivity contribution is 6.31. The first kappa shape index (κ1) is 24.6. The first-order valence-corrected chi connectivity index (χ1v) is 12.4. The number of aromatic nitrogens is 5. The number of pyridine rings is 1. The summed E-state index contributed by atoms with van der Waals surface area (Å²) in [7, 11) is 0. The molecule has 2 heterocycles. The molecule has 188 valence electrons. The third-order valence-electron chi connectivity index (χ3n) is 6.62. The van der Waals surface area contributed by atoms with Crippen LogP contribution in [0.3, 0.4) is 0 Å². The molecule has 2 aromatic carbocycles. The van der Waals surface area contributed by atoms with Crippen LogP contribution in [0.25, 0.3) is 16.8 Å². The minimum Gasteiger partial charge on any atom is -0.618 e. The van der Waals surface area contributed by atoms with Crippen molar-refractivity contribution < 1.29 is 14.3 Å². The molecule has 0 bridgehead atoms. The van der Waals surface area contributed by atoms with Crippen molar-refractivity contribution in [1.82, 2.24) is 20.2 Å². The number of hydrogen-bond donors (Lipinski definition) is 1. The number of nitrogens with one attached hydrogen (secondary N) is 1. The Labute approximate surface area is 218 Å². The quantitative estimate of drug-likeness (QED) is 0.207. The third kappa shape index (κ3) is 5.36. The van der Waals surface area contributed by atoms with Gasteiger partial charge in [-0.25, -0.2) is 0 Å². The largest absolute Gasteiger partial charge is 0.618 e. The van der Waals surface area contributed by atoms with Gasteiger partial charge in [0.25, 0.3) is 0 Å². The highest BCUT2D eigenvalue weighted by atomic mass is 35.5. The molecule has 1 atom stereocenters. The van der Waals surface area contributed by atoms with Crippen molar-refractivity contribution in [1.29, 1.82) is 0 Å². The number of anilines is 1. The molecule has 0 saturated heterocycles. The van der Waals surface area contributed by atoms with Crippen LogP contribution in [0.5, 0.6) is 0 Å². The Hall–Kier alpha value is -4.11. The van der Waals surface area contributed by atoms with Gasteiger partial charge in [0.1, 0.15) is 12.2 Å². The number of tetrazole rings is 1. The molecule has 1 aliphatic carbocycles. The van der Waals surface area contributed by atoms with E-state index in [9.17, 15) is 14.8 Å². The van der Waals surface area contributed by atoms with E-state index < -0.39 is 5.92 Å². The number of aryl methyl sites for hydroxylation is 1. The van der Waals surface area contributed by atoms with Crippen LogP contribution in [0, 0.1) is 18.0 Å². The van der Waals surface area contributed by atoms with Gasteiger partial charge < -0.3 is 10.5 Å². The van der Waals surface area contributed by atoms with E-state index in [1.54, 1.807) is 42.5 Å². The zero-order valence-electron chi connectivity index (χ0n) is 20.4. The number of halogens is 1. The fourth-order valence-corrected chi connectivity index (χ4v) is 4.72. The van der Waals surface area contributed by atoms with Crippen molar-refractivity contribution in [2.24, 2.45) is 5.92 Å². The fourth-order valence-electron chi connectivity index (χ4n) is 4.55. The average Bonchev–Trinajstić information content (AvgIpc) is 3.52. The second-order valence-electron chi connectivity index (χ2n) is 9.39. The molecule has 1 aliphatic rings. The molecule has 1 N–H and O–H groups in total. The van der Waals surface area contributed by atoms with Crippen molar-refractivity contribution in [3.8, 4) is 16.8 Å². The monoisotopic (exact) mass is 516 g/mol. The lowest BCUT2D eigenvalue weighted by Crippen LogP contribution is -2.37. The minimum atomic E-state index is -0.620. The van der Waals surface area contributed by atoms with Gasteiger partial charge in [-0.2, -0.15) is 9.41 Å². The van der Waals surface area contributed by atoms with Crippen molar-refractivity contribution in [2.45, 2.75) is 39.0 Å². The molecule has 1 amide bonds. The summed E-state index contributed by atoms with van der Waals surface area (Å²) >= 11 is 6.25. The van der Waals surface area contributed by atoms with E-state index in [-0.39, 0.29) is 11.7 Å². The summed E-state index contributed by atoms with van der Waals surface area (Å²) in [6.07, 6.45) is 5.60. The molecule has 0 radical (unpaired) electrons. The molecule has 0 aliphatic heterocycles. The number of hydrogen-bond acceptors (Lipinski definition) is 6. The lowest BCUT2D eigenvalue weighted by atomic mass is 9.95. The third-order valence-corrected chi connectivity index (χ3v) is 6.86. The lowest BCUT2D eigenvalue weighted by molar-refractivity contribution is -0.614. The molecule has 1 unspecified atom stereocenters. The maximum absolute atomic E-state index is 13.4. The van der Waals surface area contributed by atoms with Crippen LogP contribution in [0.4, 0.5) is 5.69 Å². The number of carbonyl (C=O) groups is 2. The van der Waals surface area contributed by atoms with E-state index in [0.717, 1.165) is 23.1 Å². The molecule has 9 nitrogen and oxygen atoms in total. The summed E-state index contributed by atoms with van der Waals surface area (Å²) in [5, 5.41) is 28.1. The topological polar surface area (TPSA) is 117 Å². The Bertz CT molecular complexity index is 1480. The fraction of sp³-hybridized carbons (Fsp3) is 0.259. The van der Waals surface area contributed by atoms with Gasteiger partial charge in [0, 0.05) is 33.5 Å². The molecule has 1 fully saturated rings. The Kier molecular flexibility index (Phi) is 6.71. The lowest BCUT2D eigenvalue weighted by Gasteiger charge is -2.18. The number of Topliss-reactive ketones (excluding diaryl/α,β-unsaturated/α-hetero) is 1. The second kappa shape index (κ2) is 10.1. The first-order chi connectivity index (χ1) is 17.8. The van der Waals surface area contributed by atoms with Gasteiger partial charge in [-0.05, 0) is 84.6 Å². The van der Waals surface area contributed by atoms with E-state index >= 15 is 0 Å². The van der Waals surface area contributed by atoms with Gasteiger partial charge >= 0.3 is 0 Å². The number of ketones is 1. The maximum atomic E-state index is 13.4. The Morgan fingerprint density at radius 2 is 2.00 bits per heavy atom. The molecular formula is C27H25ClN6O3.